The van der Waals surface area contributed by atoms with Gasteiger partial charge in [-0.05, 0) is 73.6 Å². The number of benzene rings is 2. The number of halogens is 1. The largest absolute Gasteiger partial charge is 0.318 e. The minimum absolute atomic E-state index is 0.0266. The molecule has 3 aromatic rings. The van der Waals surface area contributed by atoms with E-state index in [1.807, 2.05) is 30.5 Å². The molecule has 0 spiro atoms. The van der Waals surface area contributed by atoms with Crippen LogP contribution in [-0.4, -0.2) is 20.6 Å². The topological polar surface area (TPSA) is 89.5 Å². The van der Waals surface area contributed by atoms with Gasteiger partial charge in [0.2, 0.25) is 0 Å². The minimum Gasteiger partial charge on any atom is -0.318 e. The van der Waals surface area contributed by atoms with E-state index in [2.05, 4.69) is 10.3 Å². The second-order valence-corrected chi connectivity index (χ2v) is 8.36. The number of aryl methyl sites for hydroxylation is 1. The summed E-state index contributed by atoms with van der Waals surface area (Å²) >= 11 is 7.15. The highest BCUT2D eigenvalue weighted by atomic mass is 35.5. The van der Waals surface area contributed by atoms with Crippen LogP contribution in [-0.2, 0) is 4.79 Å². The van der Waals surface area contributed by atoms with Crippen LogP contribution in [0.1, 0.15) is 17.0 Å². The smallest absolute Gasteiger partial charge is 0.271 e. The van der Waals surface area contributed by atoms with Crippen molar-refractivity contribution in [1.29, 1.82) is 0 Å². The van der Waals surface area contributed by atoms with E-state index in [-0.39, 0.29) is 11.6 Å². The van der Waals surface area contributed by atoms with Crippen LogP contribution in [0.3, 0.4) is 0 Å². The number of aliphatic imine (C=N–C) groups is 1. The van der Waals surface area contributed by atoms with Gasteiger partial charge in [0, 0.05) is 28.5 Å². The zero-order valence-corrected chi connectivity index (χ0v) is 18.2. The van der Waals surface area contributed by atoms with Crippen LogP contribution in [0.15, 0.2) is 64.5 Å². The monoisotopic (exact) mass is 452 g/mol. The Balaban J connectivity index is 1.64. The first kappa shape index (κ1) is 20.9. The molecular formula is C22H17ClN4O3S. The van der Waals surface area contributed by atoms with Crippen molar-refractivity contribution >= 4 is 51.9 Å². The van der Waals surface area contributed by atoms with Crippen molar-refractivity contribution in [2.45, 2.75) is 13.8 Å². The van der Waals surface area contributed by atoms with E-state index in [0.717, 1.165) is 17.0 Å². The molecule has 1 aromatic heterocycles. The molecule has 0 atom stereocenters. The second kappa shape index (κ2) is 8.41. The number of non-ortho nitro benzene ring substituents is 1. The van der Waals surface area contributed by atoms with E-state index >= 15 is 0 Å². The first-order valence-corrected chi connectivity index (χ1v) is 10.5. The highest BCUT2D eigenvalue weighted by Gasteiger charge is 2.24. The van der Waals surface area contributed by atoms with Gasteiger partial charge in [0.05, 0.1) is 21.2 Å². The normalized spacial score (nSPS) is 16.2. The van der Waals surface area contributed by atoms with Crippen LogP contribution in [0.25, 0.3) is 11.8 Å². The maximum atomic E-state index is 12.4. The second-order valence-electron chi connectivity index (χ2n) is 6.90. The van der Waals surface area contributed by atoms with Crippen LogP contribution in [0.4, 0.5) is 11.4 Å². The molecule has 1 fully saturated rings. The molecule has 2 heterocycles. The lowest BCUT2D eigenvalue weighted by molar-refractivity contribution is -0.384. The Morgan fingerprint density at radius 1 is 1.16 bits per heavy atom. The van der Waals surface area contributed by atoms with Crippen LogP contribution < -0.4 is 5.32 Å². The number of amidine groups is 1. The summed E-state index contributed by atoms with van der Waals surface area (Å²) in [5, 5.41) is 15.0. The lowest BCUT2D eigenvalue weighted by atomic mass is 10.2. The summed E-state index contributed by atoms with van der Waals surface area (Å²) in [5.74, 6) is -0.224. The van der Waals surface area contributed by atoms with Gasteiger partial charge >= 0.3 is 0 Å². The number of hydrogen-bond donors (Lipinski definition) is 1. The average molecular weight is 453 g/mol. The molecule has 4 rings (SSSR count). The molecule has 1 N–H and O–H groups in total. The van der Waals surface area contributed by atoms with Crippen molar-refractivity contribution in [3.63, 3.8) is 0 Å². The third kappa shape index (κ3) is 4.40. The number of nitro groups is 1. The molecule has 9 heteroatoms. The SMILES string of the molecule is Cc1cc(C=C2SC(=Nc3ccc(Cl)cc3)NC2=O)c(C)n1-c1cccc([N+](=O)[O-])c1. The van der Waals surface area contributed by atoms with Gasteiger partial charge in [-0.15, -0.1) is 0 Å². The number of aromatic nitrogens is 1. The molecule has 2 aromatic carbocycles. The quantitative estimate of drug-likeness (QED) is 0.319. The Bertz CT molecular complexity index is 1260. The first-order valence-electron chi connectivity index (χ1n) is 9.31. The fourth-order valence-corrected chi connectivity index (χ4v) is 4.29. The van der Waals surface area contributed by atoms with Crippen molar-refractivity contribution in [1.82, 2.24) is 9.88 Å². The number of hydrogen-bond acceptors (Lipinski definition) is 5. The Hall–Kier alpha value is -3.36. The molecular weight excluding hydrogens is 436 g/mol. The van der Waals surface area contributed by atoms with Gasteiger partial charge in [-0.1, -0.05) is 17.7 Å². The van der Waals surface area contributed by atoms with Crippen LogP contribution in [0.5, 0.6) is 0 Å². The number of rotatable bonds is 4. The fraction of sp³-hybridized carbons (Fsp3) is 0.0909. The molecule has 31 heavy (non-hydrogen) atoms. The Morgan fingerprint density at radius 2 is 1.90 bits per heavy atom. The highest BCUT2D eigenvalue weighted by molar-refractivity contribution is 8.18. The maximum Gasteiger partial charge on any atom is 0.271 e. The summed E-state index contributed by atoms with van der Waals surface area (Å²) in [5.41, 5.74) is 4.05. The number of nitrogens with zero attached hydrogens (tertiary/aromatic N) is 3. The van der Waals surface area contributed by atoms with Crippen molar-refractivity contribution in [3.8, 4) is 5.69 Å². The van der Waals surface area contributed by atoms with Crippen LogP contribution in [0.2, 0.25) is 5.02 Å². The predicted octanol–water partition coefficient (Wildman–Crippen LogP) is 5.55. The molecule has 1 aliphatic heterocycles. The molecule has 7 nitrogen and oxygen atoms in total. The molecule has 0 saturated carbocycles. The molecule has 156 valence electrons. The van der Waals surface area contributed by atoms with Gasteiger partial charge in [0.1, 0.15) is 0 Å². The number of carbonyl (C=O) groups is 1. The van der Waals surface area contributed by atoms with E-state index < -0.39 is 4.92 Å². The Morgan fingerprint density at radius 3 is 2.61 bits per heavy atom. The lowest BCUT2D eigenvalue weighted by Gasteiger charge is -2.09. The van der Waals surface area contributed by atoms with Gasteiger partial charge < -0.3 is 9.88 Å². The summed E-state index contributed by atoms with van der Waals surface area (Å²) in [4.78, 5) is 28.1. The van der Waals surface area contributed by atoms with Crippen molar-refractivity contribution < 1.29 is 9.72 Å². The summed E-state index contributed by atoms with van der Waals surface area (Å²) in [7, 11) is 0. The van der Waals surface area contributed by atoms with E-state index in [1.165, 1.54) is 23.9 Å². The average Bonchev–Trinajstić information content (AvgIpc) is 3.22. The van der Waals surface area contributed by atoms with Gasteiger partial charge in [0.25, 0.3) is 11.6 Å². The van der Waals surface area contributed by atoms with Crippen molar-refractivity contribution in [2.24, 2.45) is 4.99 Å². The molecule has 1 amide bonds. The zero-order valence-electron chi connectivity index (χ0n) is 16.6. The third-order valence-electron chi connectivity index (χ3n) is 4.76. The van der Waals surface area contributed by atoms with Crippen molar-refractivity contribution in [3.05, 3.63) is 91.6 Å². The molecule has 0 unspecified atom stereocenters. The number of nitro benzene ring substituents is 1. The van der Waals surface area contributed by atoms with Crippen molar-refractivity contribution in [2.75, 3.05) is 0 Å². The third-order valence-corrected chi connectivity index (χ3v) is 5.93. The van der Waals surface area contributed by atoms with Crippen LogP contribution >= 0.6 is 23.4 Å². The number of amides is 1. The van der Waals surface area contributed by atoms with E-state index in [9.17, 15) is 14.9 Å². The maximum absolute atomic E-state index is 12.4. The van der Waals surface area contributed by atoms with Gasteiger partial charge in [-0.2, -0.15) is 0 Å². The van der Waals surface area contributed by atoms with Gasteiger partial charge in [-0.25, -0.2) is 4.99 Å². The Labute approximate surface area is 187 Å². The van der Waals surface area contributed by atoms with E-state index in [0.29, 0.717) is 26.5 Å². The molecule has 1 aliphatic rings. The fourth-order valence-electron chi connectivity index (χ4n) is 3.33. The van der Waals surface area contributed by atoms with Gasteiger partial charge in [-0.3, -0.25) is 14.9 Å². The predicted molar refractivity (Wildman–Crippen MR) is 124 cm³/mol. The minimum atomic E-state index is -0.415. The summed E-state index contributed by atoms with van der Waals surface area (Å²) < 4.78 is 1.93. The van der Waals surface area contributed by atoms with E-state index in [4.69, 9.17) is 11.6 Å². The molecule has 1 saturated heterocycles. The number of carbonyl (C=O) groups excluding carboxylic acids is 1. The first-order chi connectivity index (χ1) is 14.8. The summed E-state index contributed by atoms with van der Waals surface area (Å²) in [6.07, 6.45) is 1.81. The number of nitrogens with one attached hydrogen (secondary N) is 1. The van der Waals surface area contributed by atoms with Crippen LogP contribution in [0, 0.1) is 24.0 Å². The standard InChI is InChI=1S/C22H17ClN4O3S/c1-13-10-15(14(2)26(13)18-4-3-5-19(12-18)27(29)30)11-20-21(28)25-22(31-20)24-17-8-6-16(23)7-9-17/h3-12H,1-2H3,(H,24,25,28). The van der Waals surface area contributed by atoms with E-state index in [1.54, 1.807) is 36.4 Å². The molecule has 0 aliphatic carbocycles. The zero-order chi connectivity index (χ0) is 22.1. The summed E-state index contributed by atoms with van der Waals surface area (Å²) in [6, 6.07) is 15.4. The Kier molecular flexibility index (Phi) is 5.67. The highest BCUT2D eigenvalue weighted by Crippen LogP contribution is 2.31. The summed E-state index contributed by atoms with van der Waals surface area (Å²) in [6.45, 7) is 3.83. The molecule has 0 radical (unpaired) electrons. The van der Waals surface area contributed by atoms with Gasteiger partial charge in [0.15, 0.2) is 5.17 Å². The number of thioether (sulfide) groups is 1. The molecule has 0 bridgehead atoms. The lowest BCUT2D eigenvalue weighted by Crippen LogP contribution is -2.19.